The Hall–Kier alpha value is -0.0800. The Morgan fingerprint density at radius 1 is 1.36 bits per heavy atom. The van der Waals surface area contributed by atoms with Crippen LogP contribution in [0.3, 0.4) is 0 Å². The fourth-order valence-corrected chi connectivity index (χ4v) is 2.20. The van der Waals surface area contributed by atoms with E-state index in [1.54, 1.807) is 0 Å². The summed E-state index contributed by atoms with van der Waals surface area (Å²) in [6.07, 6.45) is 7.72. The van der Waals surface area contributed by atoms with Crippen LogP contribution in [0.25, 0.3) is 0 Å². The van der Waals surface area contributed by atoms with Crippen molar-refractivity contribution in [2.24, 2.45) is 0 Å². The summed E-state index contributed by atoms with van der Waals surface area (Å²) >= 11 is 0. The molecule has 1 saturated heterocycles. The van der Waals surface area contributed by atoms with E-state index < -0.39 is 0 Å². The number of aliphatic hydroxyl groups is 1. The van der Waals surface area contributed by atoms with Gasteiger partial charge in [0, 0.05) is 13.0 Å². The second-order valence-electron chi connectivity index (χ2n) is 4.76. The van der Waals surface area contributed by atoms with Gasteiger partial charge >= 0.3 is 0 Å². The standard InChI is InChI=1S/C12H24O2/c1-3-4-5-6-8-12(2)10-11(13)7-9-14-12/h11,13H,3-10H2,1-2H3. The van der Waals surface area contributed by atoms with Crippen LogP contribution in [-0.4, -0.2) is 23.4 Å². The SMILES string of the molecule is CCCCCCC1(C)CC(O)CCO1. The predicted octanol–water partition coefficient (Wildman–Crippen LogP) is 2.89. The Morgan fingerprint density at radius 3 is 2.79 bits per heavy atom. The zero-order chi connectivity index (χ0) is 10.4. The van der Waals surface area contributed by atoms with Gasteiger partial charge in [0.25, 0.3) is 0 Å². The van der Waals surface area contributed by atoms with Crippen LogP contribution in [0.2, 0.25) is 0 Å². The Kier molecular flexibility index (Phi) is 4.90. The lowest BCUT2D eigenvalue weighted by atomic mass is 9.88. The lowest BCUT2D eigenvalue weighted by Crippen LogP contribution is -2.39. The molecule has 1 heterocycles. The van der Waals surface area contributed by atoms with E-state index in [1.807, 2.05) is 0 Å². The maximum absolute atomic E-state index is 9.57. The summed E-state index contributed by atoms with van der Waals surface area (Å²) in [5.41, 5.74) is -0.0502. The van der Waals surface area contributed by atoms with Crippen LogP contribution in [0.4, 0.5) is 0 Å². The molecular weight excluding hydrogens is 176 g/mol. The molecule has 0 spiro atoms. The van der Waals surface area contributed by atoms with Crippen LogP contribution >= 0.6 is 0 Å². The smallest absolute Gasteiger partial charge is 0.0679 e. The molecule has 0 amide bonds. The van der Waals surface area contributed by atoms with Gasteiger partial charge in [-0.15, -0.1) is 0 Å². The van der Waals surface area contributed by atoms with Gasteiger partial charge in [-0.05, 0) is 19.8 Å². The largest absolute Gasteiger partial charge is 0.393 e. The quantitative estimate of drug-likeness (QED) is 0.691. The normalized spacial score (nSPS) is 33.2. The maximum Gasteiger partial charge on any atom is 0.0679 e. The molecule has 0 aromatic heterocycles. The molecule has 1 aliphatic heterocycles. The van der Waals surface area contributed by atoms with Crippen molar-refractivity contribution in [2.45, 2.75) is 70.5 Å². The van der Waals surface area contributed by atoms with Crippen molar-refractivity contribution < 1.29 is 9.84 Å². The number of hydrogen-bond donors (Lipinski definition) is 1. The van der Waals surface area contributed by atoms with Crippen molar-refractivity contribution in [1.82, 2.24) is 0 Å². The molecule has 1 rings (SSSR count). The van der Waals surface area contributed by atoms with E-state index in [4.69, 9.17) is 4.74 Å². The van der Waals surface area contributed by atoms with Gasteiger partial charge in [-0.3, -0.25) is 0 Å². The Balaban J connectivity index is 2.19. The molecule has 2 nitrogen and oxygen atoms in total. The average molecular weight is 200 g/mol. The van der Waals surface area contributed by atoms with Crippen molar-refractivity contribution >= 4 is 0 Å². The summed E-state index contributed by atoms with van der Waals surface area (Å²) in [5, 5.41) is 9.57. The Labute approximate surface area is 87.7 Å². The summed E-state index contributed by atoms with van der Waals surface area (Å²) in [7, 11) is 0. The summed E-state index contributed by atoms with van der Waals surface area (Å²) in [6, 6.07) is 0. The molecule has 2 heteroatoms. The van der Waals surface area contributed by atoms with Gasteiger partial charge in [-0.1, -0.05) is 32.6 Å². The Morgan fingerprint density at radius 2 is 2.14 bits per heavy atom. The molecular formula is C12H24O2. The molecule has 0 radical (unpaired) electrons. The summed E-state index contributed by atoms with van der Waals surface area (Å²) in [4.78, 5) is 0. The van der Waals surface area contributed by atoms with Gasteiger partial charge in [-0.2, -0.15) is 0 Å². The summed E-state index contributed by atoms with van der Waals surface area (Å²) in [6.45, 7) is 5.09. The van der Waals surface area contributed by atoms with E-state index in [1.165, 1.54) is 25.7 Å². The van der Waals surface area contributed by atoms with Crippen LogP contribution in [0.15, 0.2) is 0 Å². The third kappa shape index (κ3) is 3.97. The molecule has 0 aliphatic carbocycles. The highest BCUT2D eigenvalue weighted by Gasteiger charge is 2.31. The number of ether oxygens (including phenoxy) is 1. The molecule has 14 heavy (non-hydrogen) atoms. The predicted molar refractivity (Wildman–Crippen MR) is 58.4 cm³/mol. The third-order valence-corrected chi connectivity index (χ3v) is 3.13. The highest BCUT2D eigenvalue weighted by molar-refractivity contribution is 4.82. The van der Waals surface area contributed by atoms with Gasteiger partial charge in [0.05, 0.1) is 11.7 Å². The first-order valence-corrected chi connectivity index (χ1v) is 5.98. The first-order chi connectivity index (χ1) is 6.66. The maximum atomic E-state index is 9.57. The number of unbranched alkanes of at least 4 members (excludes halogenated alkanes) is 3. The van der Waals surface area contributed by atoms with Gasteiger partial charge in [-0.25, -0.2) is 0 Å². The average Bonchev–Trinajstić information content (AvgIpc) is 2.12. The van der Waals surface area contributed by atoms with Crippen LogP contribution in [0.5, 0.6) is 0 Å². The second kappa shape index (κ2) is 5.72. The minimum Gasteiger partial charge on any atom is -0.393 e. The highest BCUT2D eigenvalue weighted by atomic mass is 16.5. The zero-order valence-electron chi connectivity index (χ0n) is 9.59. The highest BCUT2D eigenvalue weighted by Crippen LogP contribution is 2.29. The van der Waals surface area contributed by atoms with Crippen molar-refractivity contribution in [3.05, 3.63) is 0 Å². The monoisotopic (exact) mass is 200 g/mol. The molecule has 2 atom stereocenters. The number of rotatable bonds is 5. The van der Waals surface area contributed by atoms with Crippen molar-refractivity contribution in [3.8, 4) is 0 Å². The second-order valence-corrected chi connectivity index (χ2v) is 4.76. The van der Waals surface area contributed by atoms with Gasteiger partial charge in [0.1, 0.15) is 0 Å². The molecule has 1 aliphatic rings. The molecule has 0 aromatic rings. The van der Waals surface area contributed by atoms with Gasteiger partial charge in [0.2, 0.25) is 0 Å². The van der Waals surface area contributed by atoms with Crippen molar-refractivity contribution in [1.29, 1.82) is 0 Å². The topological polar surface area (TPSA) is 29.5 Å². The van der Waals surface area contributed by atoms with Crippen molar-refractivity contribution in [2.75, 3.05) is 6.61 Å². The summed E-state index contributed by atoms with van der Waals surface area (Å²) < 4.78 is 5.76. The Bertz CT molecular complexity index is 158. The fraction of sp³-hybridized carbons (Fsp3) is 1.00. The van der Waals surface area contributed by atoms with Crippen LogP contribution < -0.4 is 0 Å². The van der Waals surface area contributed by atoms with E-state index in [9.17, 15) is 5.11 Å². The minimum atomic E-state index is -0.139. The lowest BCUT2D eigenvalue weighted by Gasteiger charge is -2.36. The molecule has 0 saturated carbocycles. The first kappa shape index (κ1) is 12.0. The molecule has 1 fully saturated rings. The van der Waals surface area contributed by atoms with Crippen LogP contribution in [0, 0.1) is 0 Å². The third-order valence-electron chi connectivity index (χ3n) is 3.13. The van der Waals surface area contributed by atoms with Gasteiger partial charge in [0.15, 0.2) is 0 Å². The van der Waals surface area contributed by atoms with Crippen molar-refractivity contribution in [3.63, 3.8) is 0 Å². The minimum absolute atomic E-state index is 0.0502. The van der Waals surface area contributed by atoms with Crippen LogP contribution in [-0.2, 0) is 4.74 Å². The fourth-order valence-electron chi connectivity index (χ4n) is 2.20. The van der Waals surface area contributed by atoms with E-state index in [0.29, 0.717) is 0 Å². The van der Waals surface area contributed by atoms with E-state index in [-0.39, 0.29) is 11.7 Å². The zero-order valence-corrected chi connectivity index (χ0v) is 9.59. The molecule has 0 aromatic carbocycles. The summed E-state index contributed by atoms with van der Waals surface area (Å²) in [5.74, 6) is 0. The van der Waals surface area contributed by atoms with E-state index in [0.717, 1.165) is 25.9 Å². The lowest BCUT2D eigenvalue weighted by molar-refractivity contribution is -0.112. The molecule has 0 bridgehead atoms. The molecule has 2 unspecified atom stereocenters. The molecule has 1 N–H and O–H groups in total. The van der Waals surface area contributed by atoms with E-state index in [2.05, 4.69) is 13.8 Å². The number of hydrogen-bond acceptors (Lipinski definition) is 2. The first-order valence-electron chi connectivity index (χ1n) is 5.98. The molecule has 84 valence electrons. The van der Waals surface area contributed by atoms with E-state index >= 15 is 0 Å². The van der Waals surface area contributed by atoms with Crippen LogP contribution in [0.1, 0.15) is 58.8 Å². The van der Waals surface area contributed by atoms with Gasteiger partial charge < -0.3 is 9.84 Å². The number of aliphatic hydroxyl groups excluding tert-OH is 1.